The van der Waals surface area contributed by atoms with E-state index < -0.39 is 27.9 Å². The Morgan fingerprint density at radius 3 is 1.82 bits per heavy atom. The zero-order valence-electron chi connectivity index (χ0n) is 25.6. The van der Waals surface area contributed by atoms with Gasteiger partial charge in [0.15, 0.2) is 0 Å². The van der Waals surface area contributed by atoms with Crippen LogP contribution in [0.1, 0.15) is 68.4 Å². The van der Waals surface area contributed by atoms with Crippen molar-refractivity contribution in [2.24, 2.45) is 34.0 Å². The highest BCUT2D eigenvalue weighted by Gasteiger charge is 2.36. The number of benzene rings is 2. The lowest BCUT2D eigenvalue weighted by atomic mass is 9.82. The first kappa shape index (κ1) is 33.7. The molecule has 3 N–H and O–H groups in total. The number of sulfonamides is 2. The minimum atomic E-state index is -5.13. The number of piperidine rings is 2. The monoisotopic (exact) mass is 682 g/mol. The first-order chi connectivity index (χ1) is 21.0. The number of hydrogen-bond donors (Lipinski definition) is 3. The van der Waals surface area contributed by atoms with Crippen molar-refractivity contribution in [2.75, 3.05) is 26.2 Å². The van der Waals surface area contributed by atoms with Gasteiger partial charge in [0.25, 0.3) is 0 Å². The third-order valence-corrected chi connectivity index (χ3v) is 12.4. The first-order valence-electron chi connectivity index (χ1n) is 14.8. The number of rotatable bonds is 7. The molecule has 4 atom stereocenters. The van der Waals surface area contributed by atoms with Gasteiger partial charge >= 0.3 is 7.82 Å². The molecule has 3 aliphatic rings. The van der Waals surface area contributed by atoms with E-state index in [-0.39, 0.29) is 68.0 Å². The summed E-state index contributed by atoms with van der Waals surface area (Å²) < 4.78 is 73.6. The van der Waals surface area contributed by atoms with Crippen LogP contribution in [0.4, 0.5) is 0 Å². The van der Waals surface area contributed by atoms with Crippen LogP contribution in [0.15, 0.2) is 51.6 Å². The molecule has 246 valence electrons. The van der Waals surface area contributed by atoms with Gasteiger partial charge in [-0.15, -0.1) is 0 Å². The van der Waals surface area contributed by atoms with E-state index in [0.717, 1.165) is 12.8 Å². The van der Waals surface area contributed by atoms with Gasteiger partial charge in [-0.1, -0.05) is 56.2 Å². The number of oxime groups is 2. The van der Waals surface area contributed by atoms with Crippen LogP contribution >= 0.6 is 7.82 Å². The SMILES string of the molecule is CC1CC(C)CN(S(=O)(=O)Cc2ccc3c(c2)/C(=N\OP(=O)(O)O)c2cc(S(=O)(=O)N4CC(C)CC(C)C4)ccc2/C3=N\O)C1. The van der Waals surface area contributed by atoms with Crippen LogP contribution in [0.5, 0.6) is 0 Å². The Hall–Kier alpha value is -2.65. The van der Waals surface area contributed by atoms with Crippen molar-refractivity contribution in [3.63, 3.8) is 0 Å². The molecule has 0 spiro atoms. The molecule has 1 aliphatic carbocycles. The predicted molar refractivity (Wildman–Crippen MR) is 168 cm³/mol. The number of phosphoric acid groups is 1. The highest BCUT2D eigenvalue weighted by atomic mass is 32.2. The van der Waals surface area contributed by atoms with Crippen LogP contribution < -0.4 is 0 Å². The summed E-state index contributed by atoms with van der Waals surface area (Å²) in [7, 11) is -12.9. The van der Waals surface area contributed by atoms with Crippen LogP contribution in [-0.2, 0) is 35.0 Å². The number of fused-ring (bicyclic) bond motifs is 2. The minimum absolute atomic E-state index is 0.0485. The molecule has 4 unspecified atom stereocenters. The fraction of sp³-hybridized carbons (Fsp3) is 0.517. The highest BCUT2D eigenvalue weighted by Crippen LogP contribution is 2.39. The summed E-state index contributed by atoms with van der Waals surface area (Å²) in [6.45, 7) is 9.47. The Morgan fingerprint density at radius 1 is 0.778 bits per heavy atom. The molecular weight excluding hydrogens is 643 g/mol. The van der Waals surface area contributed by atoms with E-state index in [2.05, 4.69) is 14.9 Å². The third-order valence-electron chi connectivity index (χ3n) is 8.48. The van der Waals surface area contributed by atoms with E-state index in [4.69, 9.17) is 0 Å². The Labute approximate surface area is 263 Å². The van der Waals surface area contributed by atoms with Crippen LogP contribution in [-0.4, -0.2) is 78.0 Å². The van der Waals surface area contributed by atoms with Crippen molar-refractivity contribution in [3.8, 4) is 0 Å². The molecule has 2 saturated heterocycles. The highest BCUT2D eigenvalue weighted by molar-refractivity contribution is 7.89. The van der Waals surface area contributed by atoms with E-state index >= 15 is 0 Å². The predicted octanol–water partition coefficient (Wildman–Crippen LogP) is 3.56. The normalized spacial score (nSPS) is 26.9. The molecule has 0 saturated carbocycles. The Kier molecular flexibility index (Phi) is 9.37. The average Bonchev–Trinajstić information content (AvgIpc) is 2.93. The standard InChI is InChI=1S/C29H39N4O9PS2/c1-18-9-19(2)14-32(13-18)44(38,39)17-22-5-7-24-26(11-22)29(31-42-43(35,36)37)27-12-23(6-8-25(27)28(24)30-34)45(40,41)33-15-20(3)10-21(4)16-33/h5-8,11-12,18-21,34H,9-10,13-17H2,1-4H3,(H2,35,36,37)/b30-28-,31-29+. The fourth-order valence-corrected chi connectivity index (χ4v) is 10.5. The summed E-state index contributed by atoms with van der Waals surface area (Å²) in [5, 5.41) is 17.3. The summed E-state index contributed by atoms with van der Waals surface area (Å²) in [6.07, 6.45) is 1.83. The Bertz CT molecular complexity index is 1790. The second-order valence-electron chi connectivity index (χ2n) is 12.8. The molecule has 0 bridgehead atoms. The lowest BCUT2D eigenvalue weighted by Gasteiger charge is -2.34. The third kappa shape index (κ3) is 7.19. The number of hydrogen-bond acceptors (Lipinski definition) is 9. The maximum absolute atomic E-state index is 13.8. The largest absolute Gasteiger partial charge is 0.545 e. The Balaban J connectivity index is 1.60. The molecule has 16 heteroatoms. The number of nitrogens with zero attached hydrogens (tertiary/aromatic N) is 4. The molecule has 5 rings (SSSR count). The molecular formula is C29H39N4O9PS2. The van der Waals surface area contributed by atoms with Crippen molar-refractivity contribution in [1.29, 1.82) is 0 Å². The summed E-state index contributed by atoms with van der Waals surface area (Å²) in [4.78, 5) is 18.9. The molecule has 45 heavy (non-hydrogen) atoms. The maximum Gasteiger partial charge on any atom is 0.545 e. The first-order valence-corrected chi connectivity index (χ1v) is 19.4. The lowest BCUT2D eigenvalue weighted by molar-refractivity contribution is 0.205. The molecule has 0 amide bonds. The molecule has 0 radical (unpaired) electrons. The molecule has 13 nitrogen and oxygen atoms in total. The Morgan fingerprint density at radius 2 is 1.29 bits per heavy atom. The maximum atomic E-state index is 13.8. The van der Waals surface area contributed by atoms with Crippen molar-refractivity contribution < 1.29 is 41.0 Å². The zero-order chi connectivity index (χ0) is 32.9. The smallest absolute Gasteiger partial charge is 0.410 e. The van der Waals surface area contributed by atoms with Crippen molar-refractivity contribution in [2.45, 2.75) is 51.2 Å². The van der Waals surface area contributed by atoms with Crippen molar-refractivity contribution in [1.82, 2.24) is 8.61 Å². The summed E-state index contributed by atoms with van der Waals surface area (Å²) in [5.41, 5.74) is 1.03. The summed E-state index contributed by atoms with van der Waals surface area (Å²) in [6, 6.07) is 8.73. The van der Waals surface area contributed by atoms with Crippen LogP contribution in [0, 0.1) is 23.7 Å². The minimum Gasteiger partial charge on any atom is -0.410 e. The van der Waals surface area contributed by atoms with Crippen LogP contribution in [0.2, 0.25) is 0 Å². The van der Waals surface area contributed by atoms with Gasteiger partial charge in [-0.25, -0.2) is 25.7 Å². The topological polar surface area (TPSA) is 186 Å². The van der Waals surface area contributed by atoms with E-state index in [1.54, 1.807) is 6.07 Å². The summed E-state index contributed by atoms with van der Waals surface area (Å²) >= 11 is 0. The molecule has 2 heterocycles. The van der Waals surface area contributed by atoms with Crippen LogP contribution in [0.25, 0.3) is 0 Å². The molecule has 2 aromatic rings. The molecule has 0 aromatic heterocycles. The lowest BCUT2D eigenvalue weighted by Crippen LogP contribution is -2.43. The second kappa shape index (κ2) is 12.5. The quantitative estimate of drug-likeness (QED) is 0.190. The van der Waals surface area contributed by atoms with Gasteiger partial charge < -0.3 is 5.21 Å². The van der Waals surface area contributed by atoms with Gasteiger partial charge in [-0.3, -0.25) is 14.4 Å². The van der Waals surface area contributed by atoms with Gasteiger partial charge in [0.05, 0.1) is 10.6 Å². The van der Waals surface area contributed by atoms with E-state index in [0.29, 0.717) is 31.7 Å². The molecule has 2 fully saturated rings. The summed E-state index contributed by atoms with van der Waals surface area (Å²) in [5.74, 6) is 0.362. The van der Waals surface area contributed by atoms with E-state index in [1.807, 2.05) is 27.7 Å². The zero-order valence-corrected chi connectivity index (χ0v) is 28.1. The molecule has 2 aromatic carbocycles. The second-order valence-corrected chi connectivity index (χ2v) is 17.9. The van der Waals surface area contributed by atoms with Gasteiger partial charge in [0.1, 0.15) is 11.4 Å². The van der Waals surface area contributed by atoms with Gasteiger partial charge in [0, 0.05) is 48.4 Å². The van der Waals surface area contributed by atoms with Gasteiger partial charge in [0.2, 0.25) is 20.0 Å². The van der Waals surface area contributed by atoms with Gasteiger partial charge in [-0.05, 0) is 60.3 Å². The van der Waals surface area contributed by atoms with Gasteiger partial charge in [-0.2, -0.15) is 4.31 Å². The average molecular weight is 683 g/mol. The van der Waals surface area contributed by atoms with Crippen molar-refractivity contribution >= 4 is 39.3 Å². The van der Waals surface area contributed by atoms with Crippen LogP contribution in [0.3, 0.4) is 0 Å². The fourth-order valence-electron chi connectivity index (χ4n) is 6.85. The van der Waals surface area contributed by atoms with Crippen molar-refractivity contribution in [3.05, 3.63) is 64.2 Å². The molecule has 2 aliphatic heterocycles. The van der Waals surface area contributed by atoms with E-state index in [1.165, 1.54) is 38.9 Å². The van der Waals surface area contributed by atoms with E-state index in [9.17, 15) is 36.4 Å².